The normalized spacial score (nSPS) is 17.2. The number of carbonyl (C=O) groups is 2. The van der Waals surface area contributed by atoms with Crippen LogP contribution in [0.15, 0.2) is 75.9 Å². The Labute approximate surface area is 152 Å². The summed E-state index contributed by atoms with van der Waals surface area (Å²) in [5, 5.41) is 22.5. The zero-order valence-corrected chi connectivity index (χ0v) is 14.1. The highest BCUT2D eigenvalue weighted by Gasteiger charge is 2.46. The second-order valence-corrected chi connectivity index (χ2v) is 6.63. The molecule has 1 aliphatic rings. The van der Waals surface area contributed by atoms with Gasteiger partial charge in [0.15, 0.2) is 11.5 Å². The second kappa shape index (κ2) is 6.20. The zero-order chi connectivity index (χ0) is 18.3. The number of amides is 1. The molecule has 0 bridgehead atoms. The fourth-order valence-corrected chi connectivity index (χ4v) is 3.83. The van der Waals surface area contributed by atoms with Crippen LogP contribution >= 0.6 is 11.3 Å². The van der Waals surface area contributed by atoms with E-state index >= 15 is 0 Å². The Kier molecular flexibility index (Phi) is 3.85. The van der Waals surface area contributed by atoms with Crippen molar-refractivity contribution in [1.82, 2.24) is 0 Å². The van der Waals surface area contributed by atoms with Crippen LogP contribution in [0.1, 0.15) is 21.5 Å². The lowest BCUT2D eigenvalue weighted by Gasteiger charge is -2.26. The van der Waals surface area contributed by atoms with Gasteiger partial charge in [-0.1, -0.05) is 18.2 Å². The smallest absolute Gasteiger partial charge is 0.294 e. The van der Waals surface area contributed by atoms with E-state index in [1.807, 2.05) is 5.38 Å². The lowest BCUT2D eigenvalue weighted by atomic mass is 10.00. The molecule has 1 aliphatic heterocycles. The first-order valence-corrected chi connectivity index (χ1v) is 8.64. The number of aliphatic hydroxyl groups excluding tert-OH is 1. The Hall–Kier alpha value is -3.32. The average molecular weight is 367 g/mol. The highest BCUT2D eigenvalue weighted by molar-refractivity contribution is 7.10. The third-order valence-corrected chi connectivity index (χ3v) is 5.08. The number of ketones is 1. The van der Waals surface area contributed by atoms with E-state index in [2.05, 4.69) is 0 Å². The van der Waals surface area contributed by atoms with Gasteiger partial charge in [-0.05, 0) is 35.7 Å². The summed E-state index contributed by atoms with van der Waals surface area (Å²) in [5.74, 6) is -2.06. The maximum Gasteiger partial charge on any atom is 0.294 e. The van der Waals surface area contributed by atoms with Gasteiger partial charge in [-0.15, -0.1) is 11.3 Å². The predicted molar refractivity (Wildman–Crippen MR) is 95.3 cm³/mol. The molecule has 2 N–H and O–H groups in total. The Bertz CT molecular complexity index is 1000. The topological polar surface area (TPSA) is 91.0 Å². The number of Topliss-reactive ketones (excluding diaryl/α,β-unsaturated/α-hetero) is 1. The molecule has 1 atom stereocenters. The molecule has 4 rings (SSSR count). The minimum Gasteiger partial charge on any atom is -0.506 e. The van der Waals surface area contributed by atoms with Crippen LogP contribution in [0.5, 0.6) is 5.75 Å². The van der Waals surface area contributed by atoms with Crippen molar-refractivity contribution in [2.24, 2.45) is 0 Å². The Morgan fingerprint density at radius 1 is 1.08 bits per heavy atom. The summed E-state index contributed by atoms with van der Waals surface area (Å²) < 4.78 is 5.15. The van der Waals surface area contributed by atoms with E-state index in [9.17, 15) is 19.8 Å². The van der Waals surface area contributed by atoms with Crippen LogP contribution in [0, 0.1) is 0 Å². The number of phenols is 1. The van der Waals surface area contributed by atoms with Crippen LogP contribution in [0.3, 0.4) is 0 Å². The number of nitrogens with zero attached hydrogens (tertiary/aromatic N) is 1. The molecule has 1 aromatic carbocycles. The molecule has 0 spiro atoms. The second-order valence-electron chi connectivity index (χ2n) is 5.65. The van der Waals surface area contributed by atoms with Gasteiger partial charge < -0.3 is 14.6 Å². The minimum absolute atomic E-state index is 0.0278. The summed E-state index contributed by atoms with van der Waals surface area (Å²) in [6, 6.07) is 12.0. The Morgan fingerprint density at radius 3 is 2.54 bits per heavy atom. The summed E-state index contributed by atoms with van der Waals surface area (Å²) in [6.45, 7) is 0. The number of hydrogen-bond donors (Lipinski definition) is 2. The number of thiophene rings is 1. The Morgan fingerprint density at radius 2 is 1.88 bits per heavy atom. The monoisotopic (exact) mass is 367 g/mol. The van der Waals surface area contributed by atoms with Gasteiger partial charge in [0.25, 0.3) is 5.91 Å². The van der Waals surface area contributed by atoms with E-state index in [1.165, 1.54) is 34.6 Å². The van der Waals surface area contributed by atoms with E-state index in [4.69, 9.17) is 4.42 Å². The highest BCUT2D eigenvalue weighted by Crippen LogP contribution is 2.45. The third-order valence-electron chi connectivity index (χ3n) is 4.15. The lowest BCUT2D eigenvalue weighted by Crippen LogP contribution is -2.30. The van der Waals surface area contributed by atoms with Crippen molar-refractivity contribution >= 4 is 28.7 Å². The number of phenolic OH excluding ortho intramolecular Hbond substituents is 1. The molecule has 3 aromatic rings. The van der Waals surface area contributed by atoms with E-state index in [0.717, 1.165) is 0 Å². The number of furan rings is 1. The molecular weight excluding hydrogens is 354 g/mol. The van der Waals surface area contributed by atoms with Gasteiger partial charge >= 0.3 is 0 Å². The largest absolute Gasteiger partial charge is 0.506 e. The first-order valence-electron chi connectivity index (χ1n) is 7.76. The minimum atomic E-state index is -0.853. The fourth-order valence-electron chi connectivity index (χ4n) is 3.01. The number of aliphatic hydroxyl groups is 1. The molecular formula is C19H13NO5S. The zero-order valence-electron chi connectivity index (χ0n) is 13.3. The maximum atomic E-state index is 12.9. The van der Waals surface area contributed by atoms with Crippen molar-refractivity contribution in [2.45, 2.75) is 6.04 Å². The van der Waals surface area contributed by atoms with E-state index in [1.54, 1.807) is 36.4 Å². The molecule has 6 nitrogen and oxygen atoms in total. The number of rotatable bonds is 4. The molecule has 1 unspecified atom stereocenters. The number of para-hydroxylation sites is 2. The molecule has 0 aliphatic carbocycles. The molecule has 7 heteroatoms. The molecule has 0 radical (unpaired) electrons. The number of hydrogen-bond acceptors (Lipinski definition) is 6. The summed E-state index contributed by atoms with van der Waals surface area (Å²) in [5.41, 5.74) is 0.139. The lowest BCUT2D eigenvalue weighted by molar-refractivity contribution is -0.117. The first kappa shape index (κ1) is 16.2. The Balaban J connectivity index is 1.89. The van der Waals surface area contributed by atoms with Gasteiger partial charge in [0.05, 0.1) is 17.5 Å². The number of carbonyl (C=O) groups excluding carboxylic acids is 2. The number of benzene rings is 1. The van der Waals surface area contributed by atoms with Crippen molar-refractivity contribution in [2.75, 3.05) is 4.90 Å². The molecule has 3 heterocycles. The number of aromatic hydroxyl groups is 1. The first-order chi connectivity index (χ1) is 12.6. The van der Waals surface area contributed by atoms with Crippen LogP contribution in [0.4, 0.5) is 5.69 Å². The molecule has 0 fully saturated rings. The van der Waals surface area contributed by atoms with Crippen LogP contribution in [0.25, 0.3) is 0 Å². The van der Waals surface area contributed by atoms with Crippen LogP contribution in [0.2, 0.25) is 0 Å². The predicted octanol–water partition coefficient (Wildman–Crippen LogP) is 3.83. The molecule has 26 heavy (non-hydrogen) atoms. The van der Waals surface area contributed by atoms with Gasteiger partial charge in [-0.25, -0.2) is 0 Å². The maximum absolute atomic E-state index is 12.9. The fraction of sp³-hybridized carbons (Fsp3) is 0.0526. The van der Waals surface area contributed by atoms with Crippen LogP contribution in [-0.2, 0) is 4.79 Å². The molecule has 130 valence electrons. The summed E-state index contributed by atoms with van der Waals surface area (Å²) in [6.07, 6.45) is 1.35. The molecule has 2 aromatic heterocycles. The van der Waals surface area contributed by atoms with Crippen molar-refractivity contribution in [3.05, 3.63) is 82.1 Å². The van der Waals surface area contributed by atoms with Gasteiger partial charge in [0.1, 0.15) is 11.8 Å². The van der Waals surface area contributed by atoms with E-state index in [-0.39, 0.29) is 22.8 Å². The molecule has 0 saturated heterocycles. The van der Waals surface area contributed by atoms with Crippen molar-refractivity contribution in [1.29, 1.82) is 0 Å². The van der Waals surface area contributed by atoms with Crippen molar-refractivity contribution in [3.63, 3.8) is 0 Å². The summed E-state index contributed by atoms with van der Waals surface area (Å²) in [7, 11) is 0. The standard InChI is InChI=1S/C19H13NO5S/c21-12-6-2-1-5-11(12)20-16(14-8-4-10-26-14)15(18(23)19(20)24)17(22)13-7-3-9-25-13/h1-10,16,21,23H. The van der Waals surface area contributed by atoms with Crippen molar-refractivity contribution < 1.29 is 24.2 Å². The van der Waals surface area contributed by atoms with Gasteiger partial charge in [0, 0.05) is 4.88 Å². The van der Waals surface area contributed by atoms with E-state index in [0.29, 0.717) is 4.88 Å². The average Bonchev–Trinajstić information content (AvgIpc) is 3.38. The van der Waals surface area contributed by atoms with Gasteiger partial charge in [0.2, 0.25) is 5.78 Å². The third kappa shape index (κ3) is 2.41. The van der Waals surface area contributed by atoms with Crippen LogP contribution < -0.4 is 4.90 Å². The summed E-state index contributed by atoms with van der Waals surface area (Å²) >= 11 is 1.34. The molecule has 0 saturated carbocycles. The van der Waals surface area contributed by atoms with Gasteiger partial charge in [-0.2, -0.15) is 0 Å². The van der Waals surface area contributed by atoms with Crippen LogP contribution in [-0.4, -0.2) is 21.9 Å². The SMILES string of the molecule is O=C(C1=C(O)C(=O)N(c2ccccc2O)C1c1cccs1)c1ccco1. The summed E-state index contributed by atoms with van der Waals surface area (Å²) in [4.78, 5) is 27.6. The van der Waals surface area contributed by atoms with E-state index < -0.39 is 23.5 Å². The van der Waals surface area contributed by atoms with Gasteiger partial charge in [-0.3, -0.25) is 14.5 Å². The molecule has 1 amide bonds. The number of anilines is 1. The highest BCUT2D eigenvalue weighted by atomic mass is 32.1. The van der Waals surface area contributed by atoms with Crippen molar-refractivity contribution in [3.8, 4) is 5.75 Å². The quantitative estimate of drug-likeness (QED) is 0.684.